The van der Waals surface area contributed by atoms with Crippen molar-refractivity contribution in [2.75, 3.05) is 43.5 Å². The summed E-state index contributed by atoms with van der Waals surface area (Å²) in [5, 5.41) is 16.9. The number of benzene rings is 2. The number of hydrogen-bond donors (Lipinski definition) is 2. The van der Waals surface area contributed by atoms with Gasteiger partial charge in [0.25, 0.3) is 11.6 Å². The van der Waals surface area contributed by atoms with E-state index in [1.807, 2.05) is 6.92 Å². The van der Waals surface area contributed by atoms with E-state index in [9.17, 15) is 23.3 Å². The Morgan fingerprint density at radius 2 is 1.87 bits per heavy atom. The number of sulfonamides is 1. The normalized spacial score (nSPS) is 14.8. The lowest BCUT2D eigenvalue weighted by Crippen LogP contribution is -2.40. The second-order valence-electron chi connectivity index (χ2n) is 6.48. The highest BCUT2D eigenvalue weighted by Crippen LogP contribution is 2.29. The van der Waals surface area contributed by atoms with Crippen LogP contribution in [0.3, 0.4) is 0 Å². The zero-order valence-electron chi connectivity index (χ0n) is 16.3. The minimum absolute atomic E-state index is 0.0175. The number of carbonyl (C=O) groups is 1. The quantitative estimate of drug-likeness (QED) is 0.505. The monoisotopic (exact) mass is 434 g/mol. The molecule has 1 heterocycles. The summed E-state index contributed by atoms with van der Waals surface area (Å²) < 4.78 is 32.4. The van der Waals surface area contributed by atoms with Gasteiger partial charge in [0.1, 0.15) is 5.56 Å². The minimum Gasteiger partial charge on any atom is -0.384 e. The number of amides is 1. The molecule has 160 valence electrons. The van der Waals surface area contributed by atoms with Crippen LogP contribution in [0, 0.1) is 10.1 Å². The summed E-state index contributed by atoms with van der Waals surface area (Å²) in [7, 11) is -3.77. The molecular weight excluding hydrogens is 412 g/mol. The molecule has 0 unspecified atom stereocenters. The van der Waals surface area contributed by atoms with Gasteiger partial charge in [0.05, 0.1) is 34.4 Å². The van der Waals surface area contributed by atoms with Crippen LogP contribution in [0.2, 0.25) is 0 Å². The molecule has 0 aromatic heterocycles. The molecule has 0 spiro atoms. The highest BCUT2D eigenvalue weighted by Gasteiger charge is 2.27. The molecule has 0 atom stereocenters. The Balaban J connectivity index is 1.96. The second kappa shape index (κ2) is 9.20. The van der Waals surface area contributed by atoms with Crippen molar-refractivity contribution in [3.63, 3.8) is 0 Å². The zero-order valence-corrected chi connectivity index (χ0v) is 17.1. The SMILES string of the molecule is CCNc1ccc(S(=O)(=O)N2CCOCC2)cc1NC(=O)c1ccccc1[N+](=O)[O-]. The van der Waals surface area contributed by atoms with E-state index < -0.39 is 20.9 Å². The van der Waals surface area contributed by atoms with Crippen molar-refractivity contribution >= 4 is 33.0 Å². The molecule has 2 aromatic rings. The van der Waals surface area contributed by atoms with Crippen LogP contribution in [0.5, 0.6) is 0 Å². The lowest BCUT2D eigenvalue weighted by Gasteiger charge is -2.26. The summed E-state index contributed by atoms with van der Waals surface area (Å²) in [5.74, 6) is -0.706. The molecule has 1 saturated heterocycles. The van der Waals surface area contributed by atoms with Crippen LogP contribution >= 0.6 is 0 Å². The summed E-state index contributed by atoms with van der Waals surface area (Å²) in [5.41, 5.74) is 0.267. The van der Waals surface area contributed by atoms with Crippen LogP contribution < -0.4 is 10.6 Å². The van der Waals surface area contributed by atoms with Crippen LogP contribution in [0.25, 0.3) is 0 Å². The number of ether oxygens (including phenoxy) is 1. The van der Waals surface area contributed by atoms with Gasteiger partial charge in [0.15, 0.2) is 0 Å². The van der Waals surface area contributed by atoms with Crippen molar-refractivity contribution in [1.29, 1.82) is 0 Å². The standard InChI is InChI=1S/C19H22N4O6S/c1-2-20-16-8-7-14(30(27,28)22-9-11-29-12-10-22)13-17(16)21-19(24)15-5-3-4-6-18(15)23(25)26/h3-8,13,20H,2,9-12H2,1H3,(H,21,24). The molecule has 1 aliphatic rings. The Morgan fingerprint density at radius 3 is 2.53 bits per heavy atom. The molecule has 2 aromatic carbocycles. The van der Waals surface area contributed by atoms with Gasteiger partial charge in [0.2, 0.25) is 10.0 Å². The Hall–Kier alpha value is -3.02. The van der Waals surface area contributed by atoms with Crippen LogP contribution in [-0.2, 0) is 14.8 Å². The fraction of sp³-hybridized carbons (Fsp3) is 0.316. The van der Waals surface area contributed by atoms with Gasteiger partial charge < -0.3 is 15.4 Å². The van der Waals surface area contributed by atoms with Gasteiger partial charge in [-0.15, -0.1) is 0 Å². The van der Waals surface area contributed by atoms with Crippen LogP contribution in [0.1, 0.15) is 17.3 Å². The number of nitro benzene ring substituents is 1. The predicted octanol–water partition coefficient (Wildman–Crippen LogP) is 2.30. The van der Waals surface area contributed by atoms with Crippen LogP contribution in [-0.4, -0.2) is 56.4 Å². The van der Waals surface area contributed by atoms with E-state index in [0.717, 1.165) is 0 Å². The second-order valence-corrected chi connectivity index (χ2v) is 8.42. The van der Waals surface area contributed by atoms with Crippen LogP contribution in [0.4, 0.5) is 17.1 Å². The number of nitrogens with zero attached hydrogens (tertiary/aromatic N) is 2. The maximum atomic E-state index is 13.0. The molecule has 0 aliphatic carbocycles. The number of para-hydroxylation sites is 1. The summed E-state index contributed by atoms with van der Waals surface area (Å²) in [6.45, 7) is 3.51. The van der Waals surface area contributed by atoms with Crippen molar-refractivity contribution in [1.82, 2.24) is 4.31 Å². The molecule has 10 nitrogen and oxygen atoms in total. The van der Waals surface area contributed by atoms with Gasteiger partial charge >= 0.3 is 0 Å². The Labute approximate surface area is 174 Å². The van der Waals surface area contributed by atoms with Crippen molar-refractivity contribution in [2.24, 2.45) is 0 Å². The smallest absolute Gasteiger partial charge is 0.282 e. The molecule has 1 aliphatic heterocycles. The van der Waals surface area contributed by atoms with E-state index in [0.29, 0.717) is 25.4 Å². The van der Waals surface area contributed by atoms with Gasteiger partial charge in [-0.05, 0) is 31.2 Å². The molecule has 30 heavy (non-hydrogen) atoms. The van der Waals surface area contributed by atoms with Gasteiger partial charge in [0, 0.05) is 25.7 Å². The van der Waals surface area contributed by atoms with Gasteiger partial charge in [-0.25, -0.2) is 8.42 Å². The topological polar surface area (TPSA) is 131 Å². The molecule has 3 rings (SSSR count). The van der Waals surface area contributed by atoms with Gasteiger partial charge in [-0.2, -0.15) is 4.31 Å². The van der Waals surface area contributed by atoms with Crippen molar-refractivity contribution in [3.8, 4) is 0 Å². The third kappa shape index (κ3) is 4.58. The molecule has 0 bridgehead atoms. The summed E-state index contributed by atoms with van der Waals surface area (Å²) in [6, 6.07) is 9.94. The highest BCUT2D eigenvalue weighted by atomic mass is 32.2. The van der Waals surface area contributed by atoms with E-state index in [1.54, 1.807) is 6.07 Å². The first-order chi connectivity index (χ1) is 14.3. The van der Waals surface area contributed by atoms with E-state index in [2.05, 4.69) is 10.6 Å². The van der Waals surface area contributed by atoms with Crippen LogP contribution in [0.15, 0.2) is 47.4 Å². The third-order valence-corrected chi connectivity index (χ3v) is 6.45. The lowest BCUT2D eigenvalue weighted by atomic mass is 10.1. The maximum Gasteiger partial charge on any atom is 0.282 e. The van der Waals surface area contributed by atoms with Gasteiger partial charge in [-0.3, -0.25) is 14.9 Å². The first-order valence-electron chi connectivity index (χ1n) is 9.35. The molecule has 2 N–H and O–H groups in total. The van der Waals surface area contributed by atoms with Crippen molar-refractivity contribution in [3.05, 3.63) is 58.1 Å². The zero-order chi connectivity index (χ0) is 21.7. The Kier molecular flexibility index (Phi) is 6.65. The fourth-order valence-electron chi connectivity index (χ4n) is 3.08. The summed E-state index contributed by atoms with van der Waals surface area (Å²) >= 11 is 0. The largest absolute Gasteiger partial charge is 0.384 e. The number of hydrogen-bond acceptors (Lipinski definition) is 7. The molecule has 0 radical (unpaired) electrons. The highest BCUT2D eigenvalue weighted by molar-refractivity contribution is 7.89. The molecule has 0 saturated carbocycles. The number of nitrogens with one attached hydrogen (secondary N) is 2. The number of anilines is 2. The number of nitro groups is 1. The number of morpholine rings is 1. The molecular formula is C19H22N4O6S. The van der Waals surface area contributed by atoms with E-state index in [-0.39, 0.29) is 34.9 Å². The summed E-state index contributed by atoms with van der Waals surface area (Å²) in [4.78, 5) is 23.3. The first kappa shape index (κ1) is 21.7. The number of rotatable bonds is 7. The molecule has 11 heteroatoms. The maximum absolute atomic E-state index is 13.0. The Bertz CT molecular complexity index is 1050. The summed E-state index contributed by atoms with van der Waals surface area (Å²) in [6.07, 6.45) is 0. The molecule has 1 amide bonds. The Morgan fingerprint density at radius 1 is 1.17 bits per heavy atom. The minimum atomic E-state index is -3.77. The average Bonchev–Trinajstić information content (AvgIpc) is 2.75. The predicted molar refractivity (Wildman–Crippen MR) is 111 cm³/mol. The van der Waals surface area contributed by atoms with Crippen molar-refractivity contribution in [2.45, 2.75) is 11.8 Å². The van der Waals surface area contributed by atoms with E-state index in [4.69, 9.17) is 4.74 Å². The van der Waals surface area contributed by atoms with Crippen molar-refractivity contribution < 1.29 is 22.9 Å². The molecule has 1 fully saturated rings. The third-order valence-electron chi connectivity index (χ3n) is 4.56. The van der Waals surface area contributed by atoms with E-state index >= 15 is 0 Å². The lowest BCUT2D eigenvalue weighted by molar-refractivity contribution is -0.385. The van der Waals surface area contributed by atoms with Gasteiger partial charge in [-0.1, -0.05) is 12.1 Å². The average molecular weight is 434 g/mol. The number of carbonyl (C=O) groups excluding carboxylic acids is 1. The first-order valence-corrected chi connectivity index (χ1v) is 10.8. The fourth-order valence-corrected chi connectivity index (χ4v) is 4.52. The van der Waals surface area contributed by atoms with E-state index in [1.165, 1.54) is 40.7 Å².